The lowest BCUT2D eigenvalue weighted by Gasteiger charge is -2.38. The average Bonchev–Trinajstić information content (AvgIpc) is 1.69. The number of halogens is 1. The van der Waals surface area contributed by atoms with Gasteiger partial charge in [0.15, 0.2) is 0 Å². The van der Waals surface area contributed by atoms with Gasteiger partial charge in [0.05, 0.1) is 0 Å². The van der Waals surface area contributed by atoms with Gasteiger partial charge >= 0.3 is 0 Å². The fourth-order valence-electron chi connectivity index (χ4n) is 20.7. The van der Waals surface area contributed by atoms with Crippen molar-refractivity contribution in [1.82, 2.24) is 50.5 Å². The molecule has 5 N–H and O–H groups in total. The molecule has 7 aliphatic heterocycles. The van der Waals surface area contributed by atoms with Crippen molar-refractivity contribution >= 4 is 67.9 Å². The summed E-state index contributed by atoms with van der Waals surface area (Å²) < 4.78 is 13.5. The van der Waals surface area contributed by atoms with Crippen LogP contribution in [0.4, 0.5) is 27.1 Å². The van der Waals surface area contributed by atoms with Gasteiger partial charge in [-0.15, -0.1) is 0 Å². The van der Waals surface area contributed by atoms with E-state index in [1.165, 1.54) is 255 Å². The van der Waals surface area contributed by atoms with Gasteiger partial charge in [0.1, 0.15) is 5.82 Å². The monoisotopic (exact) mass is 1650 g/mol. The van der Waals surface area contributed by atoms with Crippen LogP contribution in [-0.4, -0.2) is 203 Å². The van der Waals surface area contributed by atoms with E-state index in [-0.39, 0.29) is 5.82 Å². The number of piperazine rings is 1. The molecule has 0 radical (unpaired) electrons. The zero-order chi connectivity index (χ0) is 83.8. The fourth-order valence-corrected chi connectivity index (χ4v) is 20.7. The van der Waals surface area contributed by atoms with Crippen molar-refractivity contribution in [3.63, 3.8) is 0 Å². The van der Waals surface area contributed by atoms with Crippen LogP contribution < -0.4 is 35.6 Å². The number of rotatable bonds is 21. The van der Waals surface area contributed by atoms with E-state index < -0.39 is 0 Å². The number of nitrogens with zero attached hydrogens (tertiary/aromatic N) is 9. The number of hydrogen-bond donors (Lipinski definition) is 5. The highest BCUT2D eigenvalue weighted by molar-refractivity contribution is 5.91. The first-order chi connectivity index (χ1) is 60.3. The second-order valence-electron chi connectivity index (χ2n) is 37.3. The fraction of sp³-hybridized carbons (Fsp3) is 0.435. The van der Waals surface area contributed by atoms with Gasteiger partial charge < -0.3 is 60.2 Å². The molecule has 15 heteroatoms. The molecule has 0 atom stereocenters. The van der Waals surface area contributed by atoms with Gasteiger partial charge in [-0.1, -0.05) is 127 Å². The number of para-hydroxylation sites is 1. The minimum atomic E-state index is -0.201. The minimum Gasteiger partial charge on any atom is -0.371 e. The number of fused-ring (bicyclic) bond motifs is 4. The first kappa shape index (κ1) is 85.5. The third-order valence-corrected chi connectivity index (χ3v) is 28.5. The van der Waals surface area contributed by atoms with E-state index in [2.05, 4.69) is 293 Å². The molecule has 7 fully saturated rings. The van der Waals surface area contributed by atoms with Crippen molar-refractivity contribution in [1.29, 1.82) is 0 Å². The molecule has 7 saturated heterocycles. The van der Waals surface area contributed by atoms with Crippen LogP contribution in [0.1, 0.15) is 148 Å². The number of benzene rings is 8. The number of aromatic nitrogens is 3. The van der Waals surface area contributed by atoms with Crippen molar-refractivity contribution in [2.75, 3.05) is 152 Å². The van der Waals surface area contributed by atoms with E-state index in [4.69, 9.17) is 0 Å². The zero-order valence-corrected chi connectivity index (χ0v) is 74.1. The Hall–Kier alpha value is -9.68. The first-order valence-corrected chi connectivity index (χ1v) is 47.1. The number of nitrogens with one attached hydrogen (secondary N) is 5. The Balaban J connectivity index is 0.000000117. The molecule has 123 heavy (non-hydrogen) atoms. The maximum absolute atomic E-state index is 13.5. The number of anilines is 4. The quantitative estimate of drug-likeness (QED) is 0.0443. The molecular weight excluding hydrogens is 1510 g/mol. The lowest BCUT2D eigenvalue weighted by Crippen LogP contribution is -2.49. The van der Waals surface area contributed by atoms with Crippen molar-refractivity contribution < 1.29 is 4.39 Å². The van der Waals surface area contributed by atoms with Crippen LogP contribution in [-0.2, 0) is 19.3 Å². The molecule has 14 nitrogen and oxygen atoms in total. The molecule has 0 bridgehead atoms. The highest BCUT2D eigenvalue weighted by atomic mass is 19.1. The van der Waals surface area contributed by atoms with E-state index in [9.17, 15) is 4.39 Å². The molecule has 9 aliphatic rings. The Morgan fingerprint density at radius 3 is 1.46 bits per heavy atom. The molecule has 11 aromatic rings. The molecular formula is C108H135FN14. The summed E-state index contributed by atoms with van der Waals surface area (Å²) in [7, 11) is 4.48. The Morgan fingerprint density at radius 1 is 0.431 bits per heavy atom. The highest BCUT2D eigenvalue weighted by Crippen LogP contribution is 2.39. The molecule has 644 valence electrons. The van der Waals surface area contributed by atoms with E-state index in [1.807, 2.05) is 24.5 Å². The van der Waals surface area contributed by atoms with Gasteiger partial charge in [-0.3, -0.25) is 9.88 Å². The topological polar surface area (TPSA) is 106 Å². The third-order valence-electron chi connectivity index (χ3n) is 28.5. The number of allylic oxidation sites excluding steroid dienone is 2. The van der Waals surface area contributed by atoms with E-state index in [0.717, 1.165) is 112 Å². The van der Waals surface area contributed by atoms with Gasteiger partial charge in [-0.05, 0) is 341 Å². The molecule has 8 aromatic carbocycles. The third kappa shape index (κ3) is 22.7. The number of H-pyrrole nitrogens is 2. The normalized spacial score (nSPS) is 19.0. The number of aromatic amines is 2. The molecule has 10 heterocycles. The standard InChI is InChI=1S/C30H42N4.C26H26FN3.C26H34N4.C26H33N3/c1-24(2)33-19-17-32(18-20-33)14-6-13-31-29-11-15-34(16-12-29)30-10-5-9-27(23-30)28-21-25-7-3-4-8-26(25)22-28;27-23-8-9-25-22(15-23)17-26(29-25)21-4-1-5-24(16-21)30-13-10-19(11-14-30)6-7-20-3-2-12-28-18-20;1-19-7-8-23(18-24(19)26-17-20-5-3-4-6-25(20)28-26)30-15-11-22(12-16-30)27-21-9-13-29(2)14-10-21;1-28-13-9-24(10-14-28)27-25-11-15-29(16-12-25)26-8-4-7-22(19-26)23-17-20-5-2-3-6-21(20)18-23/h3-5,7-10,21,23-24,29,31H,6,11-20,22H2,1-2H3;1-5,8-9,12,15-19,29H,6-7,10-11,13-14H2;3-8,17-18,21-22,27-28H,9-16H2,1-2H3;2-8,17,19,24-25,27H,9-16,18H2,1H3. The van der Waals surface area contributed by atoms with Crippen LogP contribution in [0.5, 0.6) is 0 Å². The molecule has 0 spiro atoms. The molecule has 3 aromatic heterocycles. The van der Waals surface area contributed by atoms with Crippen LogP contribution in [0.15, 0.2) is 219 Å². The first-order valence-electron chi connectivity index (χ1n) is 47.1. The number of hydrogen-bond acceptors (Lipinski definition) is 12. The maximum atomic E-state index is 13.5. The average molecular weight is 1650 g/mol. The number of likely N-dealkylation sites (tertiary alicyclic amines) is 2. The maximum Gasteiger partial charge on any atom is 0.123 e. The summed E-state index contributed by atoms with van der Waals surface area (Å²) in [5, 5.41) is 13.9. The largest absolute Gasteiger partial charge is 0.371 e. The summed E-state index contributed by atoms with van der Waals surface area (Å²) in [4.78, 5) is 31.6. The molecule has 0 amide bonds. The molecule has 2 aliphatic carbocycles. The van der Waals surface area contributed by atoms with E-state index in [0.29, 0.717) is 30.2 Å². The van der Waals surface area contributed by atoms with Crippen LogP contribution in [0, 0.1) is 18.7 Å². The second-order valence-corrected chi connectivity index (χ2v) is 37.3. The highest BCUT2D eigenvalue weighted by Gasteiger charge is 2.30. The van der Waals surface area contributed by atoms with Crippen molar-refractivity contribution in [3.8, 4) is 22.5 Å². The Bertz CT molecular complexity index is 5230. The van der Waals surface area contributed by atoms with Gasteiger partial charge in [0.25, 0.3) is 0 Å². The van der Waals surface area contributed by atoms with E-state index >= 15 is 0 Å². The summed E-state index contributed by atoms with van der Waals surface area (Å²) in [5.41, 5.74) is 26.3. The molecule has 0 saturated carbocycles. The van der Waals surface area contributed by atoms with Crippen molar-refractivity contribution in [2.45, 2.75) is 166 Å². The summed E-state index contributed by atoms with van der Waals surface area (Å²) in [6.07, 6.45) is 29.4. The second kappa shape index (κ2) is 41.4. The molecule has 0 unspecified atom stereocenters. The van der Waals surface area contributed by atoms with Gasteiger partial charge in [-0.25, -0.2) is 4.39 Å². The SMILES string of the molecule is CC(C)N1CCN(CCCNC2CCN(c3cccc(C4=Cc5ccccc5C4)c3)CC2)CC1.CN1CCC(NC2CCN(c3cccc(C4=Cc5ccccc5C4)c3)CC2)CC1.Cc1ccc(N2CCC(NC3CCN(C)CC3)CC2)cc1-c1cc2ccccc2[nH]1.Fc1ccc2[nH]c(-c3cccc(N4CCC(CCc5cccnc5)CC4)c3)cc2c1. The Morgan fingerprint density at radius 2 is 0.919 bits per heavy atom. The predicted molar refractivity (Wildman–Crippen MR) is 517 cm³/mol. The van der Waals surface area contributed by atoms with Crippen LogP contribution >= 0.6 is 0 Å². The number of pyridine rings is 1. The Kier molecular flexibility index (Phi) is 28.8. The predicted octanol–water partition coefficient (Wildman–Crippen LogP) is 20.2. The lowest BCUT2D eigenvalue weighted by atomic mass is 9.90. The lowest BCUT2D eigenvalue weighted by molar-refractivity contribution is 0.107. The summed E-state index contributed by atoms with van der Waals surface area (Å²) in [6, 6.07) is 77.7. The van der Waals surface area contributed by atoms with Crippen LogP contribution in [0.2, 0.25) is 0 Å². The zero-order valence-electron chi connectivity index (χ0n) is 74.1. The van der Waals surface area contributed by atoms with Crippen molar-refractivity contribution in [3.05, 3.63) is 269 Å². The number of aryl methyl sites for hydroxylation is 2. The van der Waals surface area contributed by atoms with Gasteiger partial charge in [-0.2, -0.15) is 0 Å². The molecule has 20 rings (SSSR count). The van der Waals surface area contributed by atoms with E-state index in [1.54, 1.807) is 12.1 Å². The van der Waals surface area contributed by atoms with Gasteiger partial charge in [0, 0.05) is 189 Å². The summed E-state index contributed by atoms with van der Waals surface area (Å²) in [6.45, 7) is 28.2. The number of piperidine rings is 6. The minimum absolute atomic E-state index is 0.201. The van der Waals surface area contributed by atoms with Crippen LogP contribution in [0.25, 0.3) is 67.6 Å². The summed E-state index contributed by atoms with van der Waals surface area (Å²) >= 11 is 0. The van der Waals surface area contributed by atoms with Crippen molar-refractivity contribution in [2.24, 2.45) is 5.92 Å². The smallest absolute Gasteiger partial charge is 0.123 e. The summed E-state index contributed by atoms with van der Waals surface area (Å²) in [5.74, 6) is 0.585. The Labute approximate surface area is 733 Å². The van der Waals surface area contributed by atoms with Crippen LogP contribution in [0.3, 0.4) is 0 Å². The van der Waals surface area contributed by atoms with Gasteiger partial charge in [0.2, 0.25) is 0 Å².